The minimum absolute atomic E-state index is 0.0390. The molecule has 0 spiro atoms. The van der Waals surface area contributed by atoms with Crippen LogP contribution in [0.4, 0.5) is 25.1 Å². The second-order valence-corrected chi connectivity index (χ2v) is 7.32. The molecule has 1 aliphatic carbocycles. The summed E-state index contributed by atoms with van der Waals surface area (Å²) in [5.74, 6) is 1.22. The summed E-state index contributed by atoms with van der Waals surface area (Å²) in [7, 11) is 0. The van der Waals surface area contributed by atoms with Crippen molar-refractivity contribution in [2.24, 2.45) is 5.92 Å². The first-order chi connectivity index (χ1) is 14.4. The second kappa shape index (κ2) is 8.25. The van der Waals surface area contributed by atoms with Gasteiger partial charge in [-0.1, -0.05) is 36.4 Å². The fraction of sp³-hybridized carbons (Fsp3) is 0.333. The first kappa shape index (κ1) is 20.1. The lowest BCUT2D eigenvalue weighted by atomic mass is 10.2. The molecule has 2 N–H and O–H groups in total. The van der Waals surface area contributed by atoms with E-state index in [9.17, 15) is 13.2 Å². The molecule has 9 heteroatoms. The summed E-state index contributed by atoms with van der Waals surface area (Å²) in [6.45, 7) is 2.51. The molecule has 1 fully saturated rings. The van der Waals surface area contributed by atoms with Gasteiger partial charge in [0.25, 0.3) is 0 Å². The van der Waals surface area contributed by atoms with E-state index in [0.717, 1.165) is 24.5 Å². The zero-order valence-electron chi connectivity index (χ0n) is 16.3. The van der Waals surface area contributed by atoms with Crippen molar-refractivity contribution in [1.29, 1.82) is 0 Å². The number of halogens is 3. The Labute approximate surface area is 172 Å². The fourth-order valence-corrected chi connectivity index (χ4v) is 3.05. The van der Waals surface area contributed by atoms with Crippen molar-refractivity contribution in [1.82, 2.24) is 19.9 Å². The van der Waals surface area contributed by atoms with Gasteiger partial charge < -0.3 is 10.6 Å². The van der Waals surface area contributed by atoms with Gasteiger partial charge in [0.15, 0.2) is 5.82 Å². The number of alkyl halides is 3. The van der Waals surface area contributed by atoms with E-state index in [1.165, 1.54) is 12.1 Å². The maximum absolute atomic E-state index is 13.1. The van der Waals surface area contributed by atoms with Crippen LogP contribution in [0.15, 0.2) is 48.5 Å². The summed E-state index contributed by atoms with van der Waals surface area (Å²) in [6, 6.07) is 13.5. The highest BCUT2D eigenvalue weighted by atomic mass is 19.4. The molecule has 0 saturated heterocycles. The predicted molar refractivity (Wildman–Crippen MR) is 108 cm³/mol. The largest absolute Gasteiger partial charge is 0.433 e. The van der Waals surface area contributed by atoms with Gasteiger partial charge in [-0.3, -0.25) is 0 Å². The van der Waals surface area contributed by atoms with Crippen molar-refractivity contribution in [2.75, 3.05) is 10.6 Å². The molecular formula is C21H21F3N6. The maximum Gasteiger partial charge on any atom is 0.433 e. The Morgan fingerprint density at radius 2 is 1.67 bits per heavy atom. The summed E-state index contributed by atoms with van der Waals surface area (Å²) >= 11 is 0. The third kappa shape index (κ3) is 5.03. The number of hydrogen-bond acceptors (Lipinski definition) is 6. The van der Waals surface area contributed by atoms with Crippen LogP contribution in [0.5, 0.6) is 0 Å². The van der Waals surface area contributed by atoms with E-state index < -0.39 is 11.9 Å². The summed E-state index contributed by atoms with van der Waals surface area (Å²) in [6.07, 6.45) is -2.26. The number of benzene rings is 1. The predicted octanol–water partition coefficient (Wildman–Crippen LogP) is 4.77. The molecule has 2 heterocycles. The molecule has 1 aromatic carbocycles. The Kier molecular flexibility index (Phi) is 5.52. The van der Waals surface area contributed by atoms with Gasteiger partial charge in [0.05, 0.1) is 0 Å². The zero-order chi connectivity index (χ0) is 21.1. The molecule has 0 bridgehead atoms. The number of anilines is 2. The van der Waals surface area contributed by atoms with Crippen LogP contribution < -0.4 is 10.6 Å². The van der Waals surface area contributed by atoms with Gasteiger partial charge in [-0.05, 0) is 43.4 Å². The van der Waals surface area contributed by atoms with Crippen molar-refractivity contribution in [2.45, 2.75) is 38.5 Å². The maximum atomic E-state index is 13.1. The third-order valence-electron chi connectivity index (χ3n) is 4.88. The number of nitrogens with zero attached hydrogens (tertiary/aromatic N) is 4. The molecule has 0 radical (unpaired) electrons. The molecule has 1 aliphatic rings. The lowest BCUT2D eigenvalue weighted by Crippen LogP contribution is -2.20. The first-order valence-corrected chi connectivity index (χ1v) is 9.73. The van der Waals surface area contributed by atoms with E-state index in [1.807, 2.05) is 37.3 Å². The van der Waals surface area contributed by atoms with Gasteiger partial charge in [0, 0.05) is 12.6 Å². The molecule has 0 amide bonds. The molecule has 30 heavy (non-hydrogen) atoms. The van der Waals surface area contributed by atoms with Gasteiger partial charge in [0.2, 0.25) is 11.9 Å². The molecule has 2 aromatic heterocycles. The van der Waals surface area contributed by atoms with Crippen LogP contribution in [-0.2, 0) is 12.7 Å². The summed E-state index contributed by atoms with van der Waals surface area (Å²) < 4.78 is 39.2. The minimum Gasteiger partial charge on any atom is -0.351 e. The highest BCUT2D eigenvalue weighted by Crippen LogP contribution is 2.34. The van der Waals surface area contributed by atoms with E-state index in [4.69, 9.17) is 0 Å². The monoisotopic (exact) mass is 414 g/mol. The lowest BCUT2D eigenvalue weighted by Gasteiger charge is -2.15. The van der Waals surface area contributed by atoms with Crippen molar-refractivity contribution < 1.29 is 13.2 Å². The van der Waals surface area contributed by atoms with Crippen molar-refractivity contribution in [3.8, 4) is 11.5 Å². The van der Waals surface area contributed by atoms with E-state index in [2.05, 4.69) is 30.6 Å². The van der Waals surface area contributed by atoms with Crippen molar-refractivity contribution in [3.63, 3.8) is 0 Å². The van der Waals surface area contributed by atoms with E-state index in [1.54, 1.807) is 0 Å². The van der Waals surface area contributed by atoms with E-state index >= 15 is 0 Å². The van der Waals surface area contributed by atoms with Crippen LogP contribution in [-0.4, -0.2) is 26.0 Å². The van der Waals surface area contributed by atoms with Crippen molar-refractivity contribution >= 4 is 11.9 Å². The zero-order valence-corrected chi connectivity index (χ0v) is 16.3. The number of nitrogens with one attached hydrogen (secondary N) is 2. The Balaban J connectivity index is 1.64. The van der Waals surface area contributed by atoms with Gasteiger partial charge in [0.1, 0.15) is 11.4 Å². The smallest absolute Gasteiger partial charge is 0.351 e. The molecule has 6 nitrogen and oxygen atoms in total. The molecule has 1 atom stereocenters. The molecule has 0 unspecified atom stereocenters. The Hall–Kier alpha value is -3.23. The molecule has 0 aliphatic heterocycles. The molecular weight excluding hydrogens is 393 g/mol. The van der Waals surface area contributed by atoms with Crippen LogP contribution in [0.1, 0.15) is 31.0 Å². The average Bonchev–Trinajstić information content (AvgIpc) is 3.58. The van der Waals surface area contributed by atoms with Gasteiger partial charge in [-0.25, -0.2) is 4.98 Å². The van der Waals surface area contributed by atoms with Crippen LogP contribution >= 0.6 is 0 Å². The Bertz CT molecular complexity index is 1010. The summed E-state index contributed by atoms with van der Waals surface area (Å²) in [4.78, 5) is 16.7. The van der Waals surface area contributed by atoms with E-state index in [-0.39, 0.29) is 23.5 Å². The minimum atomic E-state index is -4.54. The van der Waals surface area contributed by atoms with Crippen LogP contribution in [0.25, 0.3) is 11.5 Å². The first-order valence-electron chi connectivity index (χ1n) is 9.73. The Morgan fingerprint density at radius 3 is 2.37 bits per heavy atom. The highest BCUT2D eigenvalue weighted by Gasteiger charge is 2.33. The highest BCUT2D eigenvalue weighted by molar-refractivity contribution is 5.54. The number of hydrogen-bond donors (Lipinski definition) is 2. The van der Waals surface area contributed by atoms with Crippen molar-refractivity contribution in [3.05, 3.63) is 59.8 Å². The third-order valence-corrected chi connectivity index (χ3v) is 4.88. The van der Waals surface area contributed by atoms with Gasteiger partial charge in [-0.2, -0.15) is 28.1 Å². The number of rotatable bonds is 7. The van der Waals surface area contributed by atoms with Crippen LogP contribution in [0, 0.1) is 5.92 Å². The SMILES string of the molecule is C[C@@H](Nc1nc(NCc2ccccc2)nc(-c2cccc(C(F)(F)F)n2)n1)C1CC1. The summed E-state index contributed by atoms with van der Waals surface area (Å²) in [5.41, 5.74) is 0.0784. The number of pyridine rings is 1. The average molecular weight is 414 g/mol. The van der Waals surface area contributed by atoms with Crippen LogP contribution in [0.3, 0.4) is 0 Å². The number of aromatic nitrogens is 4. The van der Waals surface area contributed by atoms with Gasteiger partial charge >= 0.3 is 6.18 Å². The fourth-order valence-electron chi connectivity index (χ4n) is 3.05. The lowest BCUT2D eigenvalue weighted by molar-refractivity contribution is -0.141. The topological polar surface area (TPSA) is 75.6 Å². The molecule has 156 valence electrons. The van der Waals surface area contributed by atoms with E-state index in [0.29, 0.717) is 18.4 Å². The molecule has 3 aromatic rings. The molecule has 4 rings (SSSR count). The van der Waals surface area contributed by atoms with Crippen LogP contribution in [0.2, 0.25) is 0 Å². The quantitative estimate of drug-likeness (QED) is 0.580. The summed E-state index contributed by atoms with van der Waals surface area (Å²) in [5, 5.41) is 6.37. The Morgan fingerprint density at radius 1 is 0.933 bits per heavy atom. The second-order valence-electron chi connectivity index (χ2n) is 7.32. The standard InChI is InChI=1S/C21H21F3N6/c1-13(15-10-11-15)26-20-29-18(16-8-5-9-17(27-16)21(22,23)24)28-19(30-20)25-12-14-6-3-2-4-7-14/h2-9,13,15H,10-12H2,1H3,(H2,25,26,28,29,30)/t13-/m1/s1. The van der Waals surface area contributed by atoms with Gasteiger partial charge in [-0.15, -0.1) is 0 Å². The normalized spacial score (nSPS) is 14.9. The molecule has 1 saturated carbocycles.